The van der Waals surface area contributed by atoms with E-state index in [4.69, 9.17) is 5.26 Å². The molecular weight excluding hydrogens is 272 g/mol. The van der Waals surface area contributed by atoms with Gasteiger partial charge in [-0.05, 0) is 44.5 Å². The highest BCUT2D eigenvalue weighted by atomic mass is 32.2. The third-order valence-corrected chi connectivity index (χ3v) is 5.60. The molecule has 0 aromatic heterocycles. The minimum Gasteiger partial charge on any atom is -0.300 e. The number of hydrogen-bond donors (Lipinski definition) is 0. The van der Waals surface area contributed by atoms with Crippen LogP contribution in [0.5, 0.6) is 0 Å². The first kappa shape index (κ1) is 15.0. The number of nitrogens with zero attached hydrogens (tertiary/aromatic N) is 2. The number of piperidine rings is 1. The van der Waals surface area contributed by atoms with Crippen molar-refractivity contribution in [1.82, 2.24) is 4.90 Å². The molecule has 1 aromatic carbocycles. The Morgan fingerprint density at radius 2 is 2.20 bits per heavy atom. The van der Waals surface area contributed by atoms with Gasteiger partial charge in [-0.2, -0.15) is 5.26 Å². The van der Waals surface area contributed by atoms with Crippen LogP contribution in [-0.4, -0.2) is 38.2 Å². The van der Waals surface area contributed by atoms with Gasteiger partial charge in [0.25, 0.3) is 0 Å². The molecule has 0 radical (unpaired) electrons. The summed E-state index contributed by atoms with van der Waals surface area (Å²) >= 11 is 0. The van der Waals surface area contributed by atoms with Crippen molar-refractivity contribution in [1.29, 1.82) is 5.26 Å². The van der Waals surface area contributed by atoms with Crippen molar-refractivity contribution >= 4 is 9.84 Å². The molecule has 2 rings (SSSR count). The van der Waals surface area contributed by atoms with Gasteiger partial charge >= 0.3 is 0 Å². The van der Waals surface area contributed by atoms with E-state index in [1.165, 1.54) is 12.5 Å². The highest BCUT2D eigenvalue weighted by molar-refractivity contribution is 7.91. The fraction of sp³-hybridized carbons (Fsp3) is 0.533. The lowest BCUT2D eigenvalue weighted by Gasteiger charge is -2.33. The van der Waals surface area contributed by atoms with Gasteiger partial charge in [0, 0.05) is 12.6 Å². The Balaban J connectivity index is 2.05. The zero-order valence-corrected chi connectivity index (χ0v) is 12.6. The summed E-state index contributed by atoms with van der Waals surface area (Å²) in [5.74, 6) is 0.117. The van der Waals surface area contributed by atoms with Crippen LogP contribution >= 0.6 is 0 Å². The molecule has 108 valence electrons. The van der Waals surface area contributed by atoms with E-state index in [1.807, 2.05) is 6.07 Å². The molecule has 1 aliphatic heterocycles. The van der Waals surface area contributed by atoms with E-state index < -0.39 is 9.84 Å². The number of sulfone groups is 1. The largest absolute Gasteiger partial charge is 0.300 e. The third kappa shape index (κ3) is 3.59. The summed E-state index contributed by atoms with van der Waals surface area (Å²) in [4.78, 5) is 2.50. The number of benzene rings is 1. The van der Waals surface area contributed by atoms with E-state index in [2.05, 4.69) is 11.8 Å². The Morgan fingerprint density at radius 3 is 2.90 bits per heavy atom. The molecule has 0 bridgehead atoms. The molecule has 1 fully saturated rings. The Morgan fingerprint density at radius 1 is 1.40 bits per heavy atom. The summed E-state index contributed by atoms with van der Waals surface area (Å²) in [6.07, 6.45) is 3.52. The Labute approximate surface area is 120 Å². The van der Waals surface area contributed by atoms with Crippen LogP contribution < -0.4 is 0 Å². The summed E-state index contributed by atoms with van der Waals surface area (Å²) in [5, 5.41) is 8.84. The lowest BCUT2D eigenvalue weighted by Crippen LogP contribution is -2.40. The topological polar surface area (TPSA) is 61.2 Å². The molecule has 0 aliphatic carbocycles. The van der Waals surface area contributed by atoms with Gasteiger partial charge in [0.15, 0.2) is 9.84 Å². The van der Waals surface area contributed by atoms with Crippen molar-refractivity contribution in [3.05, 3.63) is 29.8 Å². The first-order valence-corrected chi connectivity index (χ1v) is 8.65. The van der Waals surface area contributed by atoms with Crippen molar-refractivity contribution in [3.8, 4) is 6.07 Å². The molecule has 4 nitrogen and oxygen atoms in total. The van der Waals surface area contributed by atoms with Gasteiger partial charge in [-0.1, -0.05) is 12.5 Å². The lowest BCUT2D eigenvalue weighted by molar-refractivity contribution is 0.170. The molecule has 1 unspecified atom stereocenters. The van der Waals surface area contributed by atoms with Crippen LogP contribution in [0.25, 0.3) is 0 Å². The predicted octanol–water partition coefficient (Wildman–Crippen LogP) is 2.21. The maximum absolute atomic E-state index is 12.3. The molecule has 20 heavy (non-hydrogen) atoms. The summed E-state index contributed by atoms with van der Waals surface area (Å²) in [7, 11) is -3.31. The summed E-state index contributed by atoms with van der Waals surface area (Å²) < 4.78 is 24.6. The molecular formula is C15H20N2O2S. The van der Waals surface area contributed by atoms with Gasteiger partial charge in [0.05, 0.1) is 22.3 Å². The highest BCUT2D eigenvalue weighted by Crippen LogP contribution is 2.18. The second-order valence-corrected chi connectivity index (χ2v) is 7.45. The van der Waals surface area contributed by atoms with E-state index in [1.54, 1.807) is 18.2 Å². The van der Waals surface area contributed by atoms with Gasteiger partial charge in [0.1, 0.15) is 0 Å². The normalized spacial score (nSPS) is 20.5. The fourth-order valence-corrected chi connectivity index (χ4v) is 3.91. The van der Waals surface area contributed by atoms with Crippen molar-refractivity contribution in [2.45, 2.75) is 37.1 Å². The van der Waals surface area contributed by atoms with Gasteiger partial charge in [0.2, 0.25) is 0 Å². The van der Waals surface area contributed by atoms with Crippen LogP contribution in [0.2, 0.25) is 0 Å². The number of likely N-dealkylation sites (tertiary alicyclic amines) is 1. The molecule has 0 amide bonds. The van der Waals surface area contributed by atoms with Crippen LogP contribution in [0.4, 0.5) is 0 Å². The Bertz CT molecular complexity index is 605. The van der Waals surface area contributed by atoms with Crippen LogP contribution in [0.3, 0.4) is 0 Å². The molecule has 1 aliphatic rings. The zero-order chi connectivity index (χ0) is 14.6. The Hall–Kier alpha value is -1.38. The maximum Gasteiger partial charge on any atom is 0.179 e. The van der Waals surface area contributed by atoms with E-state index >= 15 is 0 Å². The van der Waals surface area contributed by atoms with Crippen molar-refractivity contribution in [2.75, 3.05) is 18.8 Å². The highest BCUT2D eigenvalue weighted by Gasteiger charge is 2.21. The van der Waals surface area contributed by atoms with E-state index in [0.717, 1.165) is 19.4 Å². The van der Waals surface area contributed by atoms with Gasteiger partial charge in [-0.15, -0.1) is 0 Å². The second kappa shape index (κ2) is 6.38. The first-order chi connectivity index (χ1) is 9.53. The smallest absolute Gasteiger partial charge is 0.179 e. The van der Waals surface area contributed by atoms with Crippen LogP contribution in [-0.2, 0) is 9.84 Å². The zero-order valence-electron chi connectivity index (χ0n) is 11.7. The van der Waals surface area contributed by atoms with Gasteiger partial charge < -0.3 is 0 Å². The van der Waals surface area contributed by atoms with Gasteiger partial charge in [-0.3, -0.25) is 4.90 Å². The fourth-order valence-electron chi connectivity index (χ4n) is 2.60. The van der Waals surface area contributed by atoms with E-state index in [9.17, 15) is 8.42 Å². The standard InChI is InChI=1S/C15H20N2O2S/c1-13-5-2-3-8-17(13)9-10-20(18,19)15-7-4-6-14(11-15)12-16/h4,6-7,11,13H,2-3,5,8-10H2,1H3. The van der Waals surface area contributed by atoms with Crippen LogP contribution in [0.15, 0.2) is 29.2 Å². The van der Waals surface area contributed by atoms with E-state index in [0.29, 0.717) is 18.2 Å². The van der Waals surface area contributed by atoms with E-state index in [-0.39, 0.29) is 10.6 Å². The molecule has 0 spiro atoms. The predicted molar refractivity (Wildman–Crippen MR) is 78.1 cm³/mol. The third-order valence-electron chi connectivity index (χ3n) is 3.91. The monoisotopic (exact) mass is 292 g/mol. The summed E-state index contributed by atoms with van der Waals surface area (Å²) in [6.45, 7) is 3.71. The number of rotatable bonds is 4. The molecule has 5 heteroatoms. The van der Waals surface area contributed by atoms with Crippen molar-refractivity contribution in [3.63, 3.8) is 0 Å². The molecule has 1 saturated heterocycles. The lowest BCUT2D eigenvalue weighted by atomic mass is 10.0. The molecule has 1 atom stereocenters. The second-order valence-electron chi connectivity index (χ2n) is 5.34. The molecule has 0 N–H and O–H groups in total. The summed E-state index contributed by atoms with van der Waals surface area (Å²) in [5.41, 5.74) is 0.386. The van der Waals surface area contributed by atoms with Crippen LogP contribution in [0.1, 0.15) is 31.7 Å². The maximum atomic E-state index is 12.3. The molecule has 1 heterocycles. The van der Waals surface area contributed by atoms with Crippen LogP contribution in [0, 0.1) is 11.3 Å². The molecule has 1 aromatic rings. The van der Waals surface area contributed by atoms with Crippen molar-refractivity contribution < 1.29 is 8.42 Å². The number of nitriles is 1. The molecule has 0 saturated carbocycles. The first-order valence-electron chi connectivity index (χ1n) is 7.00. The van der Waals surface area contributed by atoms with Gasteiger partial charge in [-0.25, -0.2) is 8.42 Å². The number of hydrogen-bond acceptors (Lipinski definition) is 4. The average Bonchev–Trinajstić information content (AvgIpc) is 2.46. The van der Waals surface area contributed by atoms with Crippen molar-refractivity contribution in [2.24, 2.45) is 0 Å². The summed E-state index contributed by atoms with van der Waals surface area (Å²) in [6, 6.07) is 8.69. The minimum absolute atomic E-state index is 0.117. The Kier molecular flexibility index (Phi) is 4.79. The average molecular weight is 292 g/mol. The SMILES string of the molecule is CC1CCCCN1CCS(=O)(=O)c1cccc(C#N)c1. The quantitative estimate of drug-likeness (QED) is 0.853. The minimum atomic E-state index is -3.31.